The summed E-state index contributed by atoms with van der Waals surface area (Å²) in [5, 5.41) is 4.10. The lowest BCUT2D eigenvalue weighted by molar-refractivity contribution is -0.128. The lowest BCUT2D eigenvalue weighted by Crippen LogP contribution is -2.24. The number of ether oxygens (including phenoxy) is 3. The molecule has 2 heterocycles. The first-order chi connectivity index (χ1) is 15.5. The van der Waals surface area contributed by atoms with Crippen molar-refractivity contribution < 1.29 is 23.5 Å². The molecule has 0 saturated carbocycles. The molecule has 1 unspecified atom stereocenters. The SMILES string of the molecule is COc1ccc(-c2noc(C3CC(=O)N(Cc4ccc(OC(C)C)cc4)C3)n2)cc1OC. The number of hydrogen-bond donors (Lipinski definition) is 0. The second-order valence-corrected chi connectivity index (χ2v) is 8.01. The van der Waals surface area contributed by atoms with Crippen molar-refractivity contribution in [3.8, 4) is 28.6 Å². The standard InChI is InChI=1S/C24H27N3O5/c1-15(2)31-19-8-5-16(6-9-19)13-27-14-18(12-22(27)28)24-25-23(26-32-24)17-7-10-20(29-3)21(11-17)30-4/h5-11,15,18H,12-14H2,1-4H3. The van der Waals surface area contributed by atoms with Gasteiger partial charge in [-0.1, -0.05) is 17.3 Å². The summed E-state index contributed by atoms with van der Waals surface area (Å²) >= 11 is 0. The third kappa shape index (κ3) is 4.69. The van der Waals surface area contributed by atoms with E-state index in [1.165, 1.54) is 0 Å². The molecular weight excluding hydrogens is 410 g/mol. The van der Waals surface area contributed by atoms with Crippen molar-refractivity contribution in [3.63, 3.8) is 0 Å². The minimum atomic E-state index is -0.132. The number of carbonyl (C=O) groups excluding carboxylic acids is 1. The van der Waals surface area contributed by atoms with E-state index in [0.717, 1.165) is 16.9 Å². The van der Waals surface area contributed by atoms with Crippen molar-refractivity contribution in [3.05, 3.63) is 53.9 Å². The first kappa shape index (κ1) is 21.7. The minimum absolute atomic E-state index is 0.0726. The Balaban J connectivity index is 1.43. The topological polar surface area (TPSA) is 86.9 Å². The molecule has 1 atom stereocenters. The van der Waals surface area contributed by atoms with Gasteiger partial charge in [-0.05, 0) is 49.7 Å². The van der Waals surface area contributed by atoms with E-state index in [0.29, 0.717) is 42.7 Å². The number of hydrogen-bond acceptors (Lipinski definition) is 7. The Morgan fingerprint density at radius 2 is 1.84 bits per heavy atom. The molecule has 1 fully saturated rings. The van der Waals surface area contributed by atoms with Crippen molar-refractivity contribution in [2.24, 2.45) is 0 Å². The van der Waals surface area contributed by atoms with Crippen LogP contribution in [0.3, 0.4) is 0 Å². The first-order valence-corrected chi connectivity index (χ1v) is 10.6. The molecule has 2 aromatic carbocycles. The fraction of sp³-hybridized carbons (Fsp3) is 0.375. The van der Waals surface area contributed by atoms with Crippen molar-refractivity contribution in [2.75, 3.05) is 20.8 Å². The van der Waals surface area contributed by atoms with Gasteiger partial charge in [0.2, 0.25) is 17.6 Å². The van der Waals surface area contributed by atoms with E-state index < -0.39 is 0 Å². The molecule has 8 heteroatoms. The van der Waals surface area contributed by atoms with Crippen LogP contribution >= 0.6 is 0 Å². The van der Waals surface area contributed by atoms with Gasteiger partial charge in [0.1, 0.15) is 5.75 Å². The predicted molar refractivity (Wildman–Crippen MR) is 118 cm³/mol. The number of nitrogens with zero attached hydrogens (tertiary/aromatic N) is 3. The molecule has 1 aromatic heterocycles. The summed E-state index contributed by atoms with van der Waals surface area (Å²) in [6.07, 6.45) is 0.474. The van der Waals surface area contributed by atoms with Crippen LogP contribution < -0.4 is 14.2 Å². The van der Waals surface area contributed by atoms with E-state index in [1.807, 2.05) is 49.1 Å². The summed E-state index contributed by atoms with van der Waals surface area (Å²) in [6.45, 7) is 5.06. The number of aromatic nitrogens is 2. The van der Waals surface area contributed by atoms with Crippen LogP contribution in [-0.4, -0.2) is 47.8 Å². The summed E-state index contributed by atoms with van der Waals surface area (Å²) in [5.41, 5.74) is 1.80. The van der Waals surface area contributed by atoms with Crippen molar-refractivity contribution >= 4 is 5.91 Å². The van der Waals surface area contributed by atoms with Gasteiger partial charge in [0, 0.05) is 25.1 Å². The molecule has 168 valence electrons. The molecule has 1 aliphatic rings. The maximum absolute atomic E-state index is 12.6. The van der Waals surface area contributed by atoms with Crippen LogP contribution in [0.4, 0.5) is 0 Å². The van der Waals surface area contributed by atoms with Gasteiger partial charge < -0.3 is 23.6 Å². The summed E-state index contributed by atoms with van der Waals surface area (Å²) < 4.78 is 21.8. The summed E-state index contributed by atoms with van der Waals surface area (Å²) in [5.74, 6) is 2.89. The van der Waals surface area contributed by atoms with Gasteiger partial charge >= 0.3 is 0 Å². The molecule has 4 rings (SSSR count). The normalized spacial score (nSPS) is 16.0. The molecule has 1 amide bonds. The second kappa shape index (κ2) is 9.30. The number of rotatable bonds is 8. The average molecular weight is 437 g/mol. The van der Waals surface area contributed by atoms with Crippen LogP contribution in [0, 0.1) is 0 Å². The highest BCUT2D eigenvalue weighted by Crippen LogP contribution is 2.33. The van der Waals surface area contributed by atoms with E-state index in [4.69, 9.17) is 18.7 Å². The fourth-order valence-electron chi connectivity index (χ4n) is 3.75. The smallest absolute Gasteiger partial charge is 0.232 e. The Hall–Kier alpha value is -3.55. The fourth-order valence-corrected chi connectivity index (χ4v) is 3.75. The van der Waals surface area contributed by atoms with E-state index in [-0.39, 0.29) is 17.9 Å². The molecule has 32 heavy (non-hydrogen) atoms. The Morgan fingerprint density at radius 3 is 2.53 bits per heavy atom. The maximum atomic E-state index is 12.6. The summed E-state index contributed by atoms with van der Waals surface area (Å²) in [4.78, 5) is 18.9. The zero-order valence-electron chi connectivity index (χ0n) is 18.7. The number of methoxy groups -OCH3 is 2. The highest BCUT2D eigenvalue weighted by atomic mass is 16.5. The third-order valence-electron chi connectivity index (χ3n) is 5.32. The minimum Gasteiger partial charge on any atom is -0.493 e. The highest BCUT2D eigenvalue weighted by Gasteiger charge is 2.34. The number of likely N-dealkylation sites (tertiary alicyclic amines) is 1. The molecule has 8 nitrogen and oxygen atoms in total. The molecule has 0 N–H and O–H groups in total. The zero-order chi connectivity index (χ0) is 22.7. The van der Waals surface area contributed by atoms with Gasteiger partial charge in [0.15, 0.2) is 11.5 Å². The average Bonchev–Trinajstić information content (AvgIpc) is 3.41. The molecule has 1 aliphatic heterocycles. The van der Waals surface area contributed by atoms with Crippen LogP contribution in [0.2, 0.25) is 0 Å². The lowest BCUT2D eigenvalue weighted by Gasteiger charge is -2.16. The van der Waals surface area contributed by atoms with Crippen LogP contribution in [0.25, 0.3) is 11.4 Å². The van der Waals surface area contributed by atoms with Gasteiger partial charge in [0.05, 0.1) is 26.2 Å². The molecule has 0 spiro atoms. The monoisotopic (exact) mass is 437 g/mol. The maximum Gasteiger partial charge on any atom is 0.232 e. The van der Waals surface area contributed by atoms with Crippen molar-refractivity contribution in [1.82, 2.24) is 15.0 Å². The Morgan fingerprint density at radius 1 is 1.09 bits per heavy atom. The molecule has 1 saturated heterocycles. The van der Waals surface area contributed by atoms with Crippen LogP contribution in [0.15, 0.2) is 47.0 Å². The Kier molecular flexibility index (Phi) is 6.30. The quantitative estimate of drug-likeness (QED) is 0.525. The van der Waals surface area contributed by atoms with Crippen LogP contribution in [0.1, 0.15) is 37.6 Å². The number of amides is 1. The van der Waals surface area contributed by atoms with Gasteiger partial charge in [-0.25, -0.2) is 0 Å². The largest absolute Gasteiger partial charge is 0.493 e. The Labute approximate surface area is 187 Å². The second-order valence-electron chi connectivity index (χ2n) is 8.01. The van der Waals surface area contributed by atoms with Gasteiger partial charge in [-0.2, -0.15) is 4.98 Å². The van der Waals surface area contributed by atoms with Gasteiger partial charge in [0.25, 0.3) is 0 Å². The number of benzene rings is 2. The molecule has 0 bridgehead atoms. The first-order valence-electron chi connectivity index (χ1n) is 10.6. The molecule has 3 aromatic rings. The summed E-state index contributed by atoms with van der Waals surface area (Å²) in [7, 11) is 3.16. The molecular formula is C24H27N3O5. The Bertz CT molecular complexity index is 1080. The predicted octanol–water partition coefficient (Wildman–Crippen LogP) is 4.06. The van der Waals surface area contributed by atoms with Crippen LogP contribution in [-0.2, 0) is 11.3 Å². The number of carbonyl (C=O) groups is 1. The molecule has 0 radical (unpaired) electrons. The lowest BCUT2D eigenvalue weighted by atomic mass is 10.1. The van der Waals surface area contributed by atoms with Crippen molar-refractivity contribution in [1.29, 1.82) is 0 Å². The van der Waals surface area contributed by atoms with Gasteiger partial charge in [-0.15, -0.1) is 0 Å². The van der Waals surface area contributed by atoms with E-state index in [2.05, 4.69) is 10.1 Å². The highest BCUT2D eigenvalue weighted by molar-refractivity contribution is 5.79. The zero-order valence-corrected chi connectivity index (χ0v) is 18.7. The van der Waals surface area contributed by atoms with E-state index in [9.17, 15) is 4.79 Å². The van der Waals surface area contributed by atoms with Crippen LogP contribution in [0.5, 0.6) is 17.2 Å². The van der Waals surface area contributed by atoms with Crippen molar-refractivity contribution in [2.45, 2.75) is 38.8 Å². The molecule has 0 aliphatic carbocycles. The summed E-state index contributed by atoms with van der Waals surface area (Å²) in [6, 6.07) is 13.3. The van der Waals surface area contributed by atoms with Gasteiger partial charge in [-0.3, -0.25) is 4.79 Å². The van der Waals surface area contributed by atoms with E-state index >= 15 is 0 Å². The third-order valence-corrected chi connectivity index (χ3v) is 5.32. The van der Waals surface area contributed by atoms with E-state index in [1.54, 1.807) is 26.4 Å².